The molecule has 2 rings (SSSR count). The summed E-state index contributed by atoms with van der Waals surface area (Å²) in [5, 5.41) is 9.56. The molecule has 3 heteroatoms. The Hall–Kier alpha value is -1.35. The Morgan fingerprint density at radius 1 is 1.21 bits per heavy atom. The average Bonchev–Trinajstić information content (AvgIpc) is 2.17. The van der Waals surface area contributed by atoms with Crippen LogP contribution in [0.4, 0.5) is 0 Å². The molecule has 2 aromatic rings. The number of fused-ring (bicyclic) bond motifs is 1. The van der Waals surface area contributed by atoms with Gasteiger partial charge in [-0.25, -0.2) is 0 Å². The minimum absolute atomic E-state index is 0.104. The predicted molar refractivity (Wildman–Crippen MR) is 62.7 cm³/mol. The van der Waals surface area contributed by atoms with E-state index in [-0.39, 0.29) is 5.84 Å². The van der Waals surface area contributed by atoms with Crippen LogP contribution in [0.2, 0.25) is 0 Å². The number of nitrogens with one attached hydrogen (secondary N) is 1. The van der Waals surface area contributed by atoms with Gasteiger partial charge in [-0.1, -0.05) is 40.2 Å². The number of hydrogen-bond donors (Lipinski definition) is 2. The van der Waals surface area contributed by atoms with Gasteiger partial charge in [-0.15, -0.1) is 0 Å². The van der Waals surface area contributed by atoms with Gasteiger partial charge >= 0.3 is 0 Å². The average molecular weight is 249 g/mol. The summed E-state index contributed by atoms with van der Waals surface area (Å²) in [5.74, 6) is 0.104. The molecule has 3 N–H and O–H groups in total. The largest absolute Gasteiger partial charge is 0.384 e. The number of nitrogen functional groups attached to an aromatic ring is 1. The van der Waals surface area contributed by atoms with Crippen LogP contribution < -0.4 is 5.73 Å². The highest BCUT2D eigenvalue weighted by molar-refractivity contribution is 9.10. The van der Waals surface area contributed by atoms with Crippen LogP contribution in [0.3, 0.4) is 0 Å². The topological polar surface area (TPSA) is 49.9 Å². The number of nitrogens with two attached hydrogens (primary N) is 1. The fraction of sp³-hybridized carbons (Fsp3) is 0. The number of amidine groups is 1. The summed E-state index contributed by atoms with van der Waals surface area (Å²) >= 11 is 3.47. The lowest BCUT2D eigenvalue weighted by molar-refractivity contribution is 1.43. The van der Waals surface area contributed by atoms with Crippen LogP contribution in [-0.4, -0.2) is 5.84 Å². The fourth-order valence-electron chi connectivity index (χ4n) is 1.41. The molecular weight excluding hydrogens is 240 g/mol. The third kappa shape index (κ3) is 1.51. The van der Waals surface area contributed by atoms with Crippen molar-refractivity contribution in [2.24, 2.45) is 5.73 Å². The maximum Gasteiger partial charge on any atom is 0.122 e. The molecule has 0 aliphatic rings. The summed E-state index contributed by atoms with van der Waals surface area (Å²) in [7, 11) is 0. The van der Waals surface area contributed by atoms with Gasteiger partial charge in [-0.3, -0.25) is 5.41 Å². The highest BCUT2D eigenvalue weighted by Gasteiger charge is 2.00. The van der Waals surface area contributed by atoms with Gasteiger partial charge in [0.1, 0.15) is 5.84 Å². The van der Waals surface area contributed by atoms with Gasteiger partial charge in [0, 0.05) is 10.0 Å². The lowest BCUT2D eigenvalue weighted by Crippen LogP contribution is -2.10. The van der Waals surface area contributed by atoms with Gasteiger partial charge in [0.25, 0.3) is 0 Å². The fourth-order valence-corrected chi connectivity index (χ4v) is 1.93. The minimum Gasteiger partial charge on any atom is -0.384 e. The second kappa shape index (κ2) is 3.42. The Morgan fingerprint density at radius 3 is 2.71 bits per heavy atom. The standard InChI is InChI=1S/C11H9BrN2/c12-10-3-1-2-7-6-8(11(13)14)4-5-9(7)10/h1-6H,(H3,13,14). The summed E-state index contributed by atoms with van der Waals surface area (Å²) in [6, 6.07) is 11.7. The Labute approximate surface area is 90.4 Å². The third-order valence-electron chi connectivity index (χ3n) is 2.14. The van der Waals surface area contributed by atoms with E-state index in [1.54, 1.807) is 0 Å². The number of rotatable bonds is 1. The molecule has 0 radical (unpaired) electrons. The number of halogens is 1. The predicted octanol–water partition coefficient (Wildman–Crippen LogP) is 2.89. The van der Waals surface area contributed by atoms with Crippen molar-refractivity contribution >= 4 is 32.5 Å². The van der Waals surface area contributed by atoms with Gasteiger partial charge in [0.05, 0.1) is 0 Å². The minimum atomic E-state index is 0.104. The van der Waals surface area contributed by atoms with Crippen molar-refractivity contribution in [3.63, 3.8) is 0 Å². The summed E-state index contributed by atoms with van der Waals surface area (Å²) in [4.78, 5) is 0. The Bertz CT molecular complexity index is 506. The van der Waals surface area contributed by atoms with E-state index in [0.717, 1.165) is 20.8 Å². The molecule has 0 aliphatic heterocycles. The maximum atomic E-state index is 7.33. The number of hydrogen-bond acceptors (Lipinski definition) is 1. The van der Waals surface area contributed by atoms with Crippen LogP contribution in [-0.2, 0) is 0 Å². The van der Waals surface area contributed by atoms with Crippen LogP contribution in [0, 0.1) is 5.41 Å². The van der Waals surface area contributed by atoms with Crippen LogP contribution in [0.15, 0.2) is 40.9 Å². The SMILES string of the molecule is N=C(N)c1ccc2c(Br)cccc2c1. The molecule has 0 saturated carbocycles. The molecule has 14 heavy (non-hydrogen) atoms. The molecule has 0 atom stereocenters. The summed E-state index contributed by atoms with van der Waals surface area (Å²) < 4.78 is 1.06. The van der Waals surface area contributed by atoms with Gasteiger partial charge in [0.2, 0.25) is 0 Å². The van der Waals surface area contributed by atoms with E-state index < -0.39 is 0 Å². The molecule has 2 aromatic carbocycles. The second-order valence-corrected chi connectivity index (χ2v) is 3.94. The van der Waals surface area contributed by atoms with E-state index in [2.05, 4.69) is 15.9 Å². The van der Waals surface area contributed by atoms with E-state index >= 15 is 0 Å². The van der Waals surface area contributed by atoms with E-state index in [1.807, 2.05) is 36.4 Å². The van der Waals surface area contributed by atoms with Crippen molar-refractivity contribution in [2.75, 3.05) is 0 Å². The summed E-state index contributed by atoms with van der Waals surface area (Å²) in [5.41, 5.74) is 6.17. The zero-order valence-electron chi connectivity index (χ0n) is 7.42. The molecule has 0 saturated heterocycles. The van der Waals surface area contributed by atoms with Crippen molar-refractivity contribution in [1.82, 2.24) is 0 Å². The third-order valence-corrected chi connectivity index (χ3v) is 2.83. The normalized spacial score (nSPS) is 10.4. The molecule has 2 nitrogen and oxygen atoms in total. The van der Waals surface area contributed by atoms with E-state index in [1.165, 1.54) is 0 Å². The molecule has 0 spiro atoms. The molecular formula is C11H9BrN2. The molecule has 0 unspecified atom stereocenters. The van der Waals surface area contributed by atoms with Crippen LogP contribution >= 0.6 is 15.9 Å². The quantitative estimate of drug-likeness (QED) is 0.592. The number of benzene rings is 2. The molecule has 0 heterocycles. The van der Waals surface area contributed by atoms with Gasteiger partial charge in [-0.05, 0) is 22.9 Å². The first-order valence-corrected chi connectivity index (χ1v) is 5.00. The summed E-state index contributed by atoms with van der Waals surface area (Å²) in [6.07, 6.45) is 0. The monoisotopic (exact) mass is 248 g/mol. The van der Waals surface area contributed by atoms with Crippen molar-refractivity contribution in [1.29, 1.82) is 5.41 Å². The van der Waals surface area contributed by atoms with Crippen LogP contribution in [0.25, 0.3) is 10.8 Å². The Kier molecular flexibility index (Phi) is 2.25. The van der Waals surface area contributed by atoms with Gasteiger partial charge in [-0.2, -0.15) is 0 Å². The lowest BCUT2D eigenvalue weighted by Gasteiger charge is -2.03. The van der Waals surface area contributed by atoms with Crippen molar-refractivity contribution in [2.45, 2.75) is 0 Å². The smallest absolute Gasteiger partial charge is 0.122 e. The van der Waals surface area contributed by atoms with E-state index in [0.29, 0.717) is 0 Å². The first kappa shape index (κ1) is 9.21. The highest BCUT2D eigenvalue weighted by Crippen LogP contribution is 2.24. The zero-order chi connectivity index (χ0) is 10.1. The first-order chi connectivity index (χ1) is 6.68. The van der Waals surface area contributed by atoms with Crippen molar-refractivity contribution in [3.05, 3.63) is 46.4 Å². The van der Waals surface area contributed by atoms with E-state index in [9.17, 15) is 0 Å². The molecule has 0 aliphatic carbocycles. The highest BCUT2D eigenvalue weighted by atomic mass is 79.9. The maximum absolute atomic E-state index is 7.33. The Morgan fingerprint density at radius 2 is 2.00 bits per heavy atom. The molecule has 70 valence electrons. The first-order valence-electron chi connectivity index (χ1n) is 4.21. The van der Waals surface area contributed by atoms with Crippen molar-refractivity contribution < 1.29 is 0 Å². The van der Waals surface area contributed by atoms with E-state index in [4.69, 9.17) is 11.1 Å². The lowest BCUT2D eigenvalue weighted by atomic mass is 10.1. The Balaban J connectivity index is 2.73. The molecule has 0 amide bonds. The van der Waals surface area contributed by atoms with Crippen molar-refractivity contribution in [3.8, 4) is 0 Å². The van der Waals surface area contributed by atoms with Gasteiger partial charge in [0.15, 0.2) is 0 Å². The molecule has 0 aromatic heterocycles. The van der Waals surface area contributed by atoms with Gasteiger partial charge < -0.3 is 5.73 Å². The van der Waals surface area contributed by atoms with Crippen LogP contribution in [0.5, 0.6) is 0 Å². The zero-order valence-corrected chi connectivity index (χ0v) is 9.01. The second-order valence-electron chi connectivity index (χ2n) is 3.09. The molecule has 0 bridgehead atoms. The molecule has 0 fully saturated rings. The van der Waals surface area contributed by atoms with Crippen LogP contribution in [0.1, 0.15) is 5.56 Å². The summed E-state index contributed by atoms with van der Waals surface area (Å²) in [6.45, 7) is 0.